The minimum Gasteiger partial charge on any atom is -0.453 e. The Bertz CT molecular complexity index is 762. The highest BCUT2D eigenvalue weighted by molar-refractivity contribution is 5.86. The summed E-state index contributed by atoms with van der Waals surface area (Å²) in [7, 11) is 1.21. The number of anilines is 2. The van der Waals surface area contributed by atoms with Crippen LogP contribution in [-0.4, -0.2) is 53.9 Å². The third-order valence-corrected chi connectivity index (χ3v) is 4.41. The molecule has 1 unspecified atom stereocenters. The third kappa shape index (κ3) is 6.51. The van der Waals surface area contributed by atoms with Crippen LogP contribution >= 0.6 is 0 Å². The summed E-state index contributed by atoms with van der Waals surface area (Å²) in [5.41, 5.74) is -0.214. The number of piperidine rings is 1. The molecule has 0 saturated carbocycles. The summed E-state index contributed by atoms with van der Waals surface area (Å²) in [5.74, 6) is 0. The van der Waals surface area contributed by atoms with Gasteiger partial charge in [0, 0.05) is 19.2 Å². The zero-order valence-corrected chi connectivity index (χ0v) is 17.2. The first-order valence-corrected chi connectivity index (χ1v) is 9.47. The molecule has 2 rings (SSSR count). The van der Waals surface area contributed by atoms with Crippen LogP contribution < -0.4 is 10.6 Å². The van der Waals surface area contributed by atoms with Crippen molar-refractivity contribution in [3.63, 3.8) is 0 Å². The SMILES string of the molecule is COC(=O)Nc1ccc(NCC2CCCCN2C(=O)OC(C)(C)C)c([N+](=O)[O-])c1. The Kier molecular flexibility index (Phi) is 7.24. The summed E-state index contributed by atoms with van der Waals surface area (Å²) in [5, 5.41) is 16.9. The van der Waals surface area contributed by atoms with E-state index in [9.17, 15) is 19.7 Å². The number of carbonyl (C=O) groups is 2. The van der Waals surface area contributed by atoms with Gasteiger partial charge >= 0.3 is 12.2 Å². The predicted octanol–water partition coefficient (Wildman–Crippen LogP) is 3.97. The lowest BCUT2D eigenvalue weighted by Crippen LogP contribution is -2.48. The summed E-state index contributed by atoms with van der Waals surface area (Å²) < 4.78 is 9.98. The molecule has 0 aromatic heterocycles. The number of likely N-dealkylation sites (tertiary alicyclic amines) is 1. The summed E-state index contributed by atoms with van der Waals surface area (Å²) in [4.78, 5) is 36.4. The van der Waals surface area contributed by atoms with E-state index in [-0.39, 0.29) is 23.5 Å². The van der Waals surface area contributed by atoms with Crippen molar-refractivity contribution in [2.24, 2.45) is 0 Å². The fourth-order valence-electron chi connectivity index (χ4n) is 3.08. The second-order valence-corrected chi connectivity index (χ2v) is 7.81. The molecule has 10 heteroatoms. The number of carbonyl (C=O) groups excluding carboxylic acids is 2. The van der Waals surface area contributed by atoms with E-state index in [2.05, 4.69) is 15.4 Å². The first-order chi connectivity index (χ1) is 13.6. The molecule has 1 saturated heterocycles. The lowest BCUT2D eigenvalue weighted by atomic mass is 10.0. The van der Waals surface area contributed by atoms with Crippen molar-refractivity contribution < 1.29 is 24.0 Å². The quantitative estimate of drug-likeness (QED) is 0.558. The van der Waals surface area contributed by atoms with Crippen LogP contribution in [0.15, 0.2) is 18.2 Å². The predicted molar refractivity (Wildman–Crippen MR) is 108 cm³/mol. The number of ether oxygens (including phenoxy) is 2. The maximum absolute atomic E-state index is 12.5. The largest absolute Gasteiger partial charge is 0.453 e. The Balaban J connectivity index is 2.10. The normalized spacial score (nSPS) is 16.7. The minimum atomic E-state index is -0.713. The molecule has 2 N–H and O–H groups in total. The van der Waals surface area contributed by atoms with Crippen LogP contribution in [-0.2, 0) is 9.47 Å². The molecule has 1 aliphatic rings. The fraction of sp³-hybridized carbons (Fsp3) is 0.579. The number of hydrogen-bond donors (Lipinski definition) is 2. The van der Waals surface area contributed by atoms with E-state index < -0.39 is 16.6 Å². The number of nitro benzene ring substituents is 1. The number of nitrogens with one attached hydrogen (secondary N) is 2. The average molecular weight is 408 g/mol. The maximum atomic E-state index is 12.5. The van der Waals surface area contributed by atoms with E-state index in [0.717, 1.165) is 19.3 Å². The molecule has 1 fully saturated rings. The van der Waals surface area contributed by atoms with E-state index in [1.54, 1.807) is 11.0 Å². The molecule has 10 nitrogen and oxygen atoms in total. The lowest BCUT2D eigenvalue weighted by Gasteiger charge is -2.37. The molecule has 29 heavy (non-hydrogen) atoms. The van der Waals surface area contributed by atoms with Gasteiger partial charge in [-0.1, -0.05) is 0 Å². The van der Waals surface area contributed by atoms with E-state index in [4.69, 9.17) is 4.74 Å². The molecule has 1 atom stereocenters. The first-order valence-electron chi connectivity index (χ1n) is 9.47. The third-order valence-electron chi connectivity index (χ3n) is 4.41. The Morgan fingerprint density at radius 2 is 2.03 bits per heavy atom. The van der Waals surface area contributed by atoms with Crippen molar-refractivity contribution in [2.75, 3.05) is 30.8 Å². The molecular formula is C19H28N4O6. The van der Waals surface area contributed by atoms with Crippen molar-refractivity contribution in [1.82, 2.24) is 4.90 Å². The smallest absolute Gasteiger partial charge is 0.411 e. The van der Waals surface area contributed by atoms with Crippen molar-refractivity contribution in [3.05, 3.63) is 28.3 Å². The van der Waals surface area contributed by atoms with Gasteiger partial charge in [-0.25, -0.2) is 9.59 Å². The summed E-state index contributed by atoms with van der Waals surface area (Å²) in [6.45, 7) is 6.38. The van der Waals surface area contributed by atoms with Crippen molar-refractivity contribution in [2.45, 2.75) is 51.7 Å². The van der Waals surface area contributed by atoms with Crippen LogP contribution in [0.2, 0.25) is 0 Å². The van der Waals surface area contributed by atoms with Crippen LogP contribution in [0.4, 0.5) is 26.7 Å². The highest BCUT2D eigenvalue weighted by Crippen LogP contribution is 2.29. The Labute approximate surface area is 169 Å². The molecule has 160 valence electrons. The number of nitro groups is 1. The van der Waals surface area contributed by atoms with Gasteiger partial charge in [0.15, 0.2) is 0 Å². The number of amides is 2. The van der Waals surface area contributed by atoms with Gasteiger partial charge in [0.05, 0.1) is 23.8 Å². The minimum absolute atomic E-state index is 0.133. The van der Waals surface area contributed by atoms with Gasteiger partial charge < -0.3 is 19.7 Å². The number of benzene rings is 1. The number of methoxy groups -OCH3 is 1. The highest BCUT2D eigenvalue weighted by atomic mass is 16.6. The molecule has 0 aliphatic carbocycles. The molecule has 0 bridgehead atoms. The van der Waals surface area contributed by atoms with E-state index >= 15 is 0 Å². The van der Waals surface area contributed by atoms with Crippen molar-refractivity contribution >= 4 is 29.2 Å². The van der Waals surface area contributed by atoms with Crippen molar-refractivity contribution in [3.8, 4) is 0 Å². The van der Waals surface area contributed by atoms with Crippen LogP contribution in [0, 0.1) is 10.1 Å². The molecule has 1 aromatic carbocycles. The lowest BCUT2D eigenvalue weighted by molar-refractivity contribution is -0.383. The van der Waals surface area contributed by atoms with Gasteiger partial charge in [0.1, 0.15) is 11.3 Å². The molecule has 1 heterocycles. The number of hydrogen-bond acceptors (Lipinski definition) is 7. The number of rotatable bonds is 5. The Morgan fingerprint density at radius 1 is 1.31 bits per heavy atom. The fourth-order valence-corrected chi connectivity index (χ4v) is 3.08. The van der Waals surface area contributed by atoms with Crippen LogP contribution in [0.1, 0.15) is 40.0 Å². The average Bonchev–Trinajstić information content (AvgIpc) is 2.65. The zero-order valence-electron chi connectivity index (χ0n) is 17.2. The van der Waals surface area contributed by atoms with Gasteiger partial charge in [-0.15, -0.1) is 0 Å². The number of nitrogens with zero attached hydrogens (tertiary/aromatic N) is 2. The van der Waals surface area contributed by atoms with Gasteiger partial charge in [-0.2, -0.15) is 0 Å². The maximum Gasteiger partial charge on any atom is 0.411 e. The van der Waals surface area contributed by atoms with E-state index in [1.165, 1.54) is 19.2 Å². The highest BCUT2D eigenvalue weighted by Gasteiger charge is 2.30. The molecule has 0 radical (unpaired) electrons. The topological polar surface area (TPSA) is 123 Å². The first kappa shape index (κ1) is 22.3. The summed E-state index contributed by atoms with van der Waals surface area (Å²) in [6.07, 6.45) is 1.55. The molecule has 2 amide bonds. The summed E-state index contributed by atoms with van der Waals surface area (Å²) in [6, 6.07) is 4.18. The molecule has 1 aliphatic heterocycles. The van der Waals surface area contributed by atoms with Gasteiger partial charge in [0.2, 0.25) is 0 Å². The van der Waals surface area contributed by atoms with Crippen LogP contribution in [0.5, 0.6) is 0 Å². The second-order valence-electron chi connectivity index (χ2n) is 7.81. The van der Waals surface area contributed by atoms with Crippen molar-refractivity contribution in [1.29, 1.82) is 0 Å². The standard InChI is InChI=1S/C19H28N4O6/c1-19(2,3)29-18(25)22-10-6-5-7-14(22)12-20-15-9-8-13(21-17(24)28-4)11-16(15)23(26)27/h8-9,11,14,20H,5-7,10,12H2,1-4H3,(H,21,24). The van der Waals surface area contributed by atoms with E-state index in [0.29, 0.717) is 18.8 Å². The van der Waals surface area contributed by atoms with Gasteiger partial charge in [0.25, 0.3) is 5.69 Å². The monoisotopic (exact) mass is 408 g/mol. The van der Waals surface area contributed by atoms with Gasteiger partial charge in [-0.05, 0) is 52.2 Å². The Hall–Kier alpha value is -3.04. The van der Waals surface area contributed by atoms with Crippen LogP contribution in [0.3, 0.4) is 0 Å². The molecule has 1 aromatic rings. The Morgan fingerprint density at radius 3 is 2.66 bits per heavy atom. The zero-order chi connectivity index (χ0) is 21.6. The van der Waals surface area contributed by atoms with E-state index in [1.807, 2.05) is 20.8 Å². The van der Waals surface area contributed by atoms with Crippen LogP contribution in [0.25, 0.3) is 0 Å². The molecule has 0 spiro atoms. The van der Waals surface area contributed by atoms with Gasteiger partial charge in [-0.3, -0.25) is 15.4 Å². The molecular weight excluding hydrogens is 380 g/mol. The second kappa shape index (κ2) is 9.44. The summed E-state index contributed by atoms with van der Waals surface area (Å²) >= 11 is 0.